The molecule has 1 N–H and O–H groups in total. The minimum Gasteiger partial charge on any atom is -0.312 e. The molecule has 0 bridgehead atoms. The SMILES string of the molecule is CNC(c1cccc(C)c1)C(C(F)(F)F)C(F)(F)F. The smallest absolute Gasteiger partial charge is 0.312 e. The zero-order valence-corrected chi connectivity index (χ0v) is 10.2. The van der Waals surface area contributed by atoms with Crippen LogP contribution in [-0.2, 0) is 0 Å². The number of alkyl halides is 6. The third-order valence-electron chi connectivity index (χ3n) is 2.75. The molecule has 0 aromatic heterocycles. The largest absolute Gasteiger partial charge is 0.402 e. The number of aryl methyl sites for hydroxylation is 1. The molecule has 1 nitrogen and oxygen atoms in total. The highest BCUT2D eigenvalue weighted by molar-refractivity contribution is 5.26. The Kier molecular flexibility index (Phi) is 4.50. The van der Waals surface area contributed by atoms with Crippen molar-refractivity contribution in [3.8, 4) is 0 Å². The minimum absolute atomic E-state index is 0.0397. The van der Waals surface area contributed by atoms with Crippen molar-refractivity contribution >= 4 is 0 Å². The van der Waals surface area contributed by atoms with Crippen LogP contribution in [0.1, 0.15) is 17.2 Å². The Bertz CT molecular complexity index is 409. The van der Waals surface area contributed by atoms with Gasteiger partial charge in [0.2, 0.25) is 0 Å². The van der Waals surface area contributed by atoms with Crippen LogP contribution in [0.5, 0.6) is 0 Å². The first-order chi connectivity index (χ1) is 8.57. The lowest BCUT2D eigenvalue weighted by molar-refractivity contribution is -0.292. The molecule has 1 atom stereocenters. The first-order valence-electron chi connectivity index (χ1n) is 5.44. The van der Waals surface area contributed by atoms with Gasteiger partial charge in [-0.05, 0) is 19.5 Å². The third kappa shape index (κ3) is 3.86. The molecular formula is C12H13F6N. The fraction of sp³-hybridized carbons (Fsp3) is 0.500. The summed E-state index contributed by atoms with van der Waals surface area (Å²) >= 11 is 0. The molecule has 108 valence electrons. The fourth-order valence-electron chi connectivity index (χ4n) is 1.95. The summed E-state index contributed by atoms with van der Waals surface area (Å²) in [5.41, 5.74) is 0.558. The molecule has 0 saturated carbocycles. The molecule has 1 aromatic rings. The van der Waals surface area contributed by atoms with Crippen LogP contribution < -0.4 is 5.32 Å². The van der Waals surface area contributed by atoms with Crippen molar-refractivity contribution < 1.29 is 26.3 Å². The van der Waals surface area contributed by atoms with Gasteiger partial charge >= 0.3 is 12.4 Å². The van der Waals surface area contributed by atoms with Gasteiger partial charge in [0.15, 0.2) is 5.92 Å². The molecule has 0 fully saturated rings. The van der Waals surface area contributed by atoms with Crippen molar-refractivity contribution in [3.63, 3.8) is 0 Å². The van der Waals surface area contributed by atoms with Gasteiger partial charge in [-0.15, -0.1) is 0 Å². The van der Waals surface area contributed by atoms with Gasteiger partial charge < -0.3 is 5.32 Å². The predicted molar refractivity (Wildman–Crippen MR) is 58.6 cm³/mol. The van der Waals surface area contributed by atoms with Crippen LogP contribution in [0.2, 0.25) is 0 Å². The standard InChI is InChI=1S/C12H13F6N/c1-7-4-3-5-8(6-7)9(19-2)10(11(13,14)15)12(16,17)18/h3-6,9-10,19H,1-2H3. The molecule has 0 heterocycles. The number of hydrogen-bond donors (Lipinski definition) is 1. The Morgan fingerprint density at radius 3 is 1.89 bits per heavy atom. The van der Waals surface area contributed by atoms with Gasteiger partial charge in [0.25, 0.3) is 0 Å². The Morgan fingerprint density at radius 1 is 1.00 bits per heavy atom. The zero-order chi connectivity index (χ0) is 14.8. The third-order valence-corrected chi connectivity index (χ3v) is 2.75. The summed E-state index contributed by atoms with van der Waals surface area (Å²) in [6.45, 7) is 1.60. The number of halogens is 6. The van der Waals surface area contributed by atoms with Gasteiger partial charge in [0, 0.05) is 0 Å². The maximum atomic E-state index is 12.7. The number of rotatable bonds is 3. The fourth-order valence-corrected chi connectivity index (χ4v) is 1.95. The Balaban J connectivity index is 3.25. The topological polar surface area (TPSA) is 12.0 Å². The maximum Gasteiger partial charge on any atom is 0.402 e. The molecule has 1 unspecified atom stereocenters. The summed E-state index contributed by atoms with van der Waals surface area (Å²) in [6.07, 6.45) is -10.7. The van der Waals surface area contributed by atoms with Gasteiger partial charge in [-0.2, -0.15) is 26.3 Å². The first kappa shape index (κ1) is 15.8. The highest BCUT2D eigenvalue weighted by Gasteiger charge is 2.60. The van der Waals surface area contributed by atoms with E-state index >= 15 is 0 Å². The van der Waals surface area contributed by atoms with Crippen molar-refractivity contribution in [1.29, 1.82) is 0 Å². The predicted octanol–water partition coefficient (Wildman–Crippen LogP) is 4.00. The second kappa shape index (κ2) is 5.40. The Morgan fingerprint density at radius 2 is 1.53 bits per heavy atom. The zero-order valence-electron chi connectivity index (χ0n) is 10.2. The molecule has 1 aromatic carbocycles. The first-order valence-corrected chi connectivity index (χ1v) is 5.44. The summed E-state index contributed by atoms with van der Waals surface area (Å²) in [5.74, 6) is -3.44. The second-order valence-electron chi connectivity index (χ2n) is 4.24. The van der Waals surface area contributed by atoms with E-state index in [9.17, 15) is 26.3 Å². The highest BCUT2D eigenvalue weighted by Crippen LogP contribution is 2.46. The van der Waals surface area contributed by atoms with Gasteiger partial charge in [0.1, 0.15) is 0 Å². The lowest BCUT2D eigenvalue weighted by Crippen LogP contribution is -2.45. The molecule has 0 saturated heterocycles. The number of benzene rings is 1. The van der Waals surface area contributed by atoms with E-state index < -0.39 is 24.3 Å². The quantitative estimate of drug-likeness (QED) is 0.828. The van der Waals surface area contributed by atoms with Crippen LogP contribution in [0.3, 0.4) is 0 Å². The van der Waals surface area contributed by atoms with Crippen LogP contribution in [0, 0.1) is 12.8 Å². The van der Waals surface area contributed by atoms with E-state index in [1.807, 2.05) is 0 Å². The van der Waals surface area contributed by atoms with E-state index in [2.05, 4.69) is 5.32 Å². The monoisotopic (exact) mass is 285 g/mol. The van der Waals surface area contributed by atoms with E-state index in [0.717, 1.165) is 7.05 Å². The van der Waals surface area contributed by atoms with E-state index in [0.29, 0.717) is 5.56 Å². The molecule has 0 spiro atoms. The van der Waals surface area contributed by atoms with Crippen molar-refractivity contribution in [1.82, 2.24) is 5.32 Å². The van der Waals surface area contributed by atoms with Crippen molar-refractivity contribution in [2.75, 3.05) is 7.05 Å². The van der Waals surface area contributed by atoms with Crippen molar-refractivity contribution in [3.05, 3.63) is 35.4 Å². The van der Waals surface area contributed by atoms with Crippen LogP contribution in [0.4, 0.5) is 26.3 Å². The van der Waals surface area contributed by atoms with Gasteiger partial charge in [0.05, 0.1) is 6.04 Å². The van der Waals surface area contributed by atoms with Gasteiger partial charge in [-0.3, -0.25) is 0 Å². The minimum atomic E-state index is -5.37. The Labute approximate surface area is 106 Å². The van der Waals surface area contributed by atoms with Crippen molar-refractivity contribution in [2.45, 2.75) is 25.3 Å². The maximum absolute atomic E-state index is 12.7. The average Bonchev–Trinajstić information content (AvgIpc) is 2.21. The molecule has 0 amide bonds. The molecule has 0 aliphatic heterocycles. The van der Waals surface area contributed by atoms with Crippen LogP contribution in [-0.4, -0.2) is 19.4 Å². The van der Waals surface area contributed by atoms with Crippen LogP contribution in [0.15, 0.2) is 24.3 Å². The summed E-state index contributed by atoms with van der Waals surface area (Å²) in [7, 11) is 1.08. The molecule has 1 rings (SSSR count). The van der Waals surface area contributed by atoms with Crippen LogP contribution >= 0.6 is 0 Å². The van der Waals surface area contributed by atoms with Gasteiger partial charge in [-0.1, -0.05) is 29.8 Å². The van der Waals surface area contributed by atoms with E-state index in [1.165, 1.54) is 18.2 Å². The van der Waals surface area contributed by atoms with Crippen LogP contribution in [0.25, 0.3) is 0 Å². The Hall–Kier alpha value is -1.24. The summed E-state index contributed by atoms with van der Waals surface area (Å²) in [4.78, 5) is 0. The molecule has 19 heavy (non-hydrogen) atoms. The lowest BCUT2D eigenvalue weighted by Gasteiger charge is -2.30. The van der Waals surface area contributed by atoms with E-state index in [-0.39, 0.29) is 5.56 Å². The van der Waals surface area contributed by atoms with Crippen molar-refractivity contribution in [2.24, 2.45) is 5.92 Å². The molecule has 7 heteroatoms. The summed E-state index contributed by atoms with van der Waals surface area (Å²) < 4.78 is 76.1. The van der Waals surface area contributed by atoms with E-state index in [4.69, 9.17) is 0 Å². The molecular weight excluding hydrogens is 272 g/mol. The number of hydrogen-bond acceptors (Lipinski definition) is 1. The summed E-state index contributed by atoms with van der Waals surface area (Å²) in [6, 6.07) is 3.73. The summed E-state index contributed by atoms with van der Waals surface area (Å²) in [5, 5.41) is 2.12. The normalized spacial score (nSPS) is 14.8. The molecule has 0 aliphatic carbocycles. The second-order valence-corrected chi connectivity index (χ2v) is 4.24. The van der Waals surface area contributed by atoms with E-state index in [1.54, 1.807) is 13.0 Å². The molecule has 0 radical (unpaired) electrons. The van der Waals surface area contributed by atoms with Gasteiger partial charge in [-0.25, -0.2) is 0 Å². The highest BCUT2D eigenvalue weighted by atomic mass is 19.4. The average molecular weight is 285 g/mol. The molecule has 0 aliphatic rings. The lowest BCUT2D eigenvalue weighted by atomic mass is 9.91. The number of nitrogens with one attached hydrogen (secondary N) is 1.